The van der Waals surface area contributed by atoms with Gasteiger partial charge in [0.25, 0.3) is 5.69 Å². The van der Waals surface area contributed by atoms with Gasteiger partial charge in [-0.3, -0.25) is 29.5 Å². The van der Waals surface area contributed by atoms with Gasteiger partial charge in [-0.1, -0.05) is 30.2 Å². The zero-order valence-electron chi connectivity index (χ0n) is 21.6. The molecule has 9 nitrogen and oxygen atoms in total. The molecular formula is C31H23N5O4. The number of aryl methyl sites for hydroxylation is 1. The third-order valence-electron chi connectivity index (χ3n) is 7.86. The van der Waals surface area contributed by atoms with Crippen molar-refractivity contribution in [1.29, 1.82) is 5.26 Å². The van der Waals surface area contributed by atoms with Crippen LogP contribution in [0.4, 0.5) is 17.1 Å². The molecule has 6 rings (SSSR count). The van der Waals surface area contributed by atoms with Gasteiger partial charge < -0.3 is 4.57 Å². The molecule has 2 aromatic carbocycles. The fraction of sp³-hybridized carbons (Fsp3) is 0.194. The molecule has 0 N–H and O–H groups in total. The summed E-state index contributed by atoms with van der Waals surface area (Å²) in [6.07, 6.45) is 10.3. The van der Waals surface area contributed by atoms with Crippen LogP contribution in [0.5, 0.6) is 0 Å². The number of non-ortho nitro benzene ring substituents is 1. The van der Waals surface area contributed by atoms with E-state index in [0.29, 0.717) is 46.9 Å². The maximum Gasteiger partial charge on any atom is 0.271 e. The quantitative estimate of drug-likeness (QED) is 0.272. The number of hydrogen-bond donors (Lipinski definition) is 0. The van der Waals surface area contributed by atoms with Gasteiger partial charge in [0.15, 0.2) is 5.78 Å². The van der Waals surface area contributed by atoms with Gasteiger partial charge in [-0.25, -0.2) is 0 Å². The lowest BCUT2D eigenvalue weighted by atomic mass is 9.63. The molecule has 0 saturated carbocycles. The summed E-state index contributed by atoms with van der Waals surface area (Å²) in [4.78, 5) is 43.1. The van der Waals surface area contributed by atoms with Crippen molar-refractivity contribution in [3.8, 4) is 18.4 Å². The van der Waals surface area contributed by atoms with Gasteiger partial charge >= 0.3 is 0 Å². The van der Waals surface area contributed by atoms with Crippen LogP contribution in [0.15, 0.2) is 83.8 Å². The number of Topliss-reactive ketones (excluding diaryl/α,β-unsaturated/α-hetero) is 1. The number of amides is 1. The van der Waals surface area contributed by atoms with E-state index in [1.807, 2.05) is 6.92 Å². The van der Waals surface area contributed by atoms with Crippen molar-refractivity contribution in [3.05, 3.63) is 105 Å². The number of nitriles is 1. The van der Waals surface area contributed by atoms with E-state index in [1.54, 1.807) is 64.3 Å². The molecule has 3 aromatic rings. The summed E-state index contributed by atoms with van der Waals surface area (Å²) in [7, 11) is 0. The standard InChI is InChI=1S/C31H23N5O4/c1-3-15-34-24-10-5-4-9-22(24)31(30(34)38)23(19-32)29(33-16-6-7-17-33)35(25-11-8-12-27(37)28(25)31)26-18-21(36(39)40)14-13-20(26)2/h1,4-7,9-10,13-14,16-18H,8,11-12,15H2,2H3. The Hall–Kier alpha value is -5.41. The Labute approximate surface area is 230 Å². The number of rotatable bonds is 4. The number of carbonyl (C=O) groups is 2. The number of terminal acetylenes is 1. The van der Waals surface area contributed by atoms with Crippen LogP contribution >= 0.6 is 0 Å². The first-order valence-electron chi connectivity index (χ1n) is 12.8. The van der Waals surface area contributed by atoms with E-state index in [4.69, 9.17) is 6.42 Å². The number of carbonyl (C=O) groups excluding carboxylic acids is 2. The van der Waals surface area contributed by atoms with Crippen molar-refractivity contribution < 1.29 is 14.5 Å². The lowest BCUT2D eigenvalue weighted by molar-refractivity contribution is -0.384. The summed E-state index contributed by atoms with van der Waals surface area (Å²) in [5.41, 5.74) is 1.24. The Morgan fingerprint density at radius 3 is 2.52 bits per heavy atom. The highest BCUT2D eigenvalue weighted by atomic mass is 16.6. The molecule has 40 heavy (non-hydrogen) atoms. The predicted octanol–water partition coefficient (Wildman–Crippen LogP) is 4.84. The van der Waals surface area contributed by atoms with Crippen LogP contribution in [0.2, 0.25) is 0 Å². The second-order valence-corrected chi connectivity index (χ2v) is 9.93. The molecule has 0 bridgehead atoms. The first-order valence-corrected chi connectivity index (χ1v) is 12.8. The molecule has 1 atom stereocenters. The number of para-hydroxylation sites is 1. The van der Waals surface area contributed by atoms with Crippen molar-refractivity contribution in [2.75, 3.05) is 16.3 Å². The number of nitrogens with zero attached hydrogens (tertiary/aromatic N) is 5. The van der Waals surface area contributed by atoms with Crippen molar-refractivity contribution in [1.82, 2.24) is 4.57 Å². The number of aromatic nitrogens is 1. The highest BCUT2D eigenvalue weighted by molar-refractivity contribution is 6.22. The minimum Gasteiger partial charge on any atom is -0.309 e. The molecule has 2 aliphatic heterocycles. The average molecular weight is 530 g/mol. The van der Waals surface area contributed by atoms with E-state index in [9.17, 15) is 25.0 Å². The smallest absolute Gasteiger partial charge is 0.271 e. The normalized spacial score (nSPS) is 20.0. The monoisotopic (exact) mass is 529 g/mol. The molecule has 1 unspecified atom stereocenters. The molecule has 1 amide bonds. The Morgan fingerprint density at radius 1 is 1.07 bits per heavy atom. The van der Waals surface area contributed by atoms with Gasteiger partial charge in [0.2, 0.25) is 5.91 Å². The number of fused-ring (bicyclic) bond motifs is 3. The van der Waals surface area contributed by atoms with E-state index in [1.165, 1.54) is 17.0 Å². The van der Waals surface area contributed by atoms with Crippen molar-refractivity contribution in [2.45, 2.75) is 31.6 Å². The summed E-state index contributed by atoms with van der Waals surface area (Å²) >= 11 is 0. The van der Waals surface area contributed by atoms with E-state index < -0.39 is 16.2 Å². The fourth-order valence-electron chi connectivity index (χ4n) is 6.26. The molecule has 196 valence electrons. The van der Waals surface area contributed by atoms with Crippen LogP contribution in [0.1, 0.15) is 30.4 Å². The topological polar surface area (TPSA) is 112 Å². The molecule has 1 aromatic heterocycles. The van der Waals surface area contributed by atoms with Crippen LogP contribution in [-0.2, 0) is 15.0 Å². The van der Waals surface area contributed by atoms with Gasteiger partial charge in [-0.05, 0) is 43.5 Å². The summed E-state index contributed by atoms with van der Waals surface area (Å²) in [6, 6.07) is 17.5. The van der Waals surface area contributed by atoms with Crippen LogP contribution in [0.3, 0.4) is 0 Å². The Balaban J connectivity index is 1.79. The van der Waals surface area contributed by atoms with Crippen LogP contribution in [0, 0.1) is 40.7 Å². The molecule has 9 heteroatoms. The number of allylic oxidation sites excluding steroid dienone is 1. The average Bonchev–Trinajstić information content (AvgIpc) is 3.56. The number of anilines is 2. The minimum atomic E-state index is -1.71. The zero-order valence-corrected chi connectivity index (χ0v) is 21.6. The molecule has 1 spiro atoms. The summed E-state index contributed by atoms with van der Waals surface area (Å²) in [5.74, 6) is 2.20. The maximum absolute atomic E-state index is 14.6. The van der Waals surface area contributed by atoms with E-state index in [0.717, 1.165) is 0 Å². The number of nitro benzene ring substituents is 1. The van der Waals surface area contributed by atoms with Gasteiger partial charge in [-0.2, -0.15) is 5.26 Å². The molecule has 3 aliphatic rings. The third-order valence-corrected chi connectivity index (χ3v) is 7.86. The van der Waals surface area contributed by atoms with Crippen molar-refractivity contribution >= 4 is 34.6 Å². The Kier molecular flexibility index (Phi) is 5.67. The SMILES string of the molecule is C#CCN1C(=O)C2(C(C#N)=C(n3cccc3)N(c3cc([N+](=O)[O-])ccc3C)C3=C2C(=O)CCC3)c2ccccc21. The largest absolute Gasteiger partial charge is 0.309 e. The predicted molar refractivity (Wildman–Crippen MR) is 149 cm³/mol. The molecule has 0 radical (unpaired) electrons. The lowest BCUT2D eigenvalue weighted by Gasteiger charge is -2.45. The van der Waals surface area contributed by atoms with Gasteiger partial charge in [-0.15, -0.1) is 6.42 Å². The van der Waals surface area contributed by atoms with Gasteiger partial charge in [0.05, 0.1) is 22.7 Å². The van der Waals surface area contributed by atoms with E-state index in [-0.39, 0.29) is 35.6 Å². The highest BCUT2D eigenvalue weighted by Gasteiger charge is 2.62. The summed E-state index contributed by atoms with van der Waals surface area (Å²) < 4.78 is 1.72. The first kappa shape index (κ1) is 24.9. The van der Waals surface area contributed by atoms with Crippen molar-refractivity contribution in [3.63, 3.8) is 0 Å². The van der Waals surface area contributed by atoms with Crippen LogP contribution in [-0.4, -0.2) is 27.7 Å². The van der Waals surface area contributed by atoms with E-state index >= 15 is 0 Å². The molecule has 0 saturated heterocycles. The Bertz CT molecular complexity index is 1770. The fourth-order valence-corrected chi connectivity index (χ4v) is 6.26. The number of hydrogen-bond acceptors (Lipinski definition) is 6. The maximum atomic E-state index is 14.6. The summed E-state index contributed by atoms with van der Waals surface area (Å²) in [5, 5.41) is 22.7. The zero-order chi connectivity index (χ0) is 28.2. The van der Waals surface area contributed by atoms with E-state index in [2.05, 4.69) is 12.0 Å². The second kappa shape index (κ2) is 9.11. The van der Waals surface area contributed by atoms with Gasteiger partial charge in [0, 0.05) is 53.5 Å². The number of ketones is 1. The minimum absolute atomic E-state index is 0.0281. The third kappa shape index (κ3) is 3.21. The summed E-state index contributed by atoms with van der Waals surface area (Å²) in [6.45, 7) is 1.79. The number of nitro groups is 1. The van der Waals surface area contributed by atoms with Crippen LogP contribution < -0.4 is 9.80 Å². The van der Waals surface area contributed by atoms with Crippen LogP contribution in [0.25, 0.3) is 5.82 Å². The molecule has 1 aliphatic carbocycles. The Morgan fingerprint density at radius 2 is 1.82 bits per heavy atom. The first-order chi connectivity index (χ1) is 19.4. The van der Waals surface area contributed by atoms with Crippen molar-refractivity contribution in [2.24, 2.45) is 0 Å². The number of benzene rings is 2. The molecule has 0 fully saturated rings. The lowest BCUT2D eigenvalue weighted by Crippen LogP contribution is -2.51. The highest BCUT2D eigenvalue weighted by Crippen LogP contribution is 2.58. The second-order valence-electron chi connectivity index (χ2n) is 9.93. The molecular weight excluding hydrogens is 506 g/mol. The molecule has 3 heterocycles. The van der Waals surface area contributed by atoms with Gasteiger partial charge in [0.1, 0.15) is 17.3 Å².